The van der Waals surface area contributed by atoms with E-state index in [1.54, 1.807) is 43.3 Å². The molecule has 172 valence electrons. The van der Waals surface area contributed by atoms with Gasteiger partial charge in [-0.1, -0.05) is 61.7 Å². The van der Waals surface area contributed by atoms with Crippen LogP contribution in [0.5, 0.6) is 5.75 Å². The Bertz CT molecular complexity index is 1340. The Morgan fingerprint density at radius 1 is 1.00 bits per heavy atom. The van der Waals surface area contributed by atoms with E-state index in [1.807, 2.05) is 24.3 Å². The number of rotatable bonds is 5. The van der Waals surface area contributed by atoms with Gasteiger partial charge in [-0.15, -0.1) is 0 Å². The number of urea groups is 1. The second-order valence-corrected chi connectivity index (χ2v) is 9.68. The fourth-order valence-corrected chi connectivity index (χ4v) is 4.19. The van der Waals surface area contributed by atoms with Gasteiger partial charge in [0.25, 0.3) is 11.8 Å². The third-order valence-corrected chi connectivity index (χ3v) is 6.59. The van der Waals surface area contributed by atoms with Crippen LogP contribution < -0.4 is 15.0 Å². The van der Waals surface area contributed by atoms with Gasteiger partial charge in [-0.3, -0.25) is 14.9 Å². The number of carbonyl (C=O) groups is 3. The lowest BCUT2D eigenvalue weighted by Gasteiger charge is -2.27. The van der Waals surface area contributed by atoms with Gasteiger partial charge < -0.3 is 4.74 Å². The number of nitrogens with one attached hydrogen (secondary N) is 1. The summed E-state index contributed by atoms with van der Waals surface area (Å²) in [5.41, 5.74) is 2.09. The molecule has 1 heterocycles. The average molecular weight is 605 g/mol. The summed E-state index contributed by atoms with van der Waals surface area (Å²) in [6, 6.07) is 17.0. The predicted octanol–water partition coefficient (Wildman–Crippen LogP) is 6.42. The minimum atomic E-state index is -0.835. The Labute approximate surface area is 217 Å². The Morgan fingerprint density at radius 2 is 1.71 bits per heavy atom. The third kappa shape index (κ3) is 5.09. The smallest absolute Gasteiger partial charge is 0.335 e. The van der Waals surface area contributed by atoms with Crippen molar-refractivity contribution in [2.45, 2.75) is 13.5 Å². The second-order valence-electron chi connectivity index (χ2n) is 7.44. The number of carbonyl (C=O) groups excluding carboxylic acids is 3. The first-order valence-corrected chi connectivity index (χ1v) is 12.0. The van der Waals surface area contributed by atoms with Crippen LogP contribution in [0.1, 0.15) is 16.7 Å². The molecule has 0 saturated carbocycles. The molecule has 0 bridgehead atoms. The largest absolute Gasteiger partial charge is 0.488 e. The third-order valence-electron chi connectivity index (χ3n) is 5.16. The van der Waals surface area contributed by atoms with E-state index < -0.39 is 17.8 Å². The van der Waals surface area contributed by atoms with E-state index in [9.17, 15) is 14.4 Å². The van der Waals surface area contributed by atoms with Crippen LogP contribution in [0.4, 0.5) is 10.5 Å². The van der Waals surface area contributed by atoms with Crippen LogP contribution >= 0.6 is 43.5 Å². The molecular formula is C25H17Br2ClN2O4. The standard InChI is InChI=1S/C25H17Br2ClN2O4/c1-14-20(28)3-2-4-21(14)30-24(32)19(23(31)29-25(30)33)12-16-11-18(27)9-10-22(16)34-13-15-5-7-17(26)8-6-15/h2-12H,13H2,1H3,(H,29,31,33)/b19-12+. The minimum absolute atomic E-state index is 0.203. The maximum Gasteiger partial charge on any atom is 0.335 e. The zero-order chi connectivity index (χ0) is 24.4. The lowest BCUT2D eigenvalue weighted by Crippen LogP contribution is -2.54. The molecule has 4 amide bonds. The number of anilines is 1. The number of benzene rings is 3. The summed E-state index contributed by atoms with van der Waals surface area (Å²) in [4.78, 5) is 39.4. The molecule has 0 radical (unpaired) electrons. The second kappa shape index (κ2) is 10.1. The van der Waals surface area contributed by atoms with Crippen molar-refractivity contribution in [2.75, 3.05) is 4.90 Å². The molecule has 0 spiro atoms. The van der Waals surface area contributed by atoms with Crippen LogP contribution in [0.15, 0.2) is 75.2 Å². The summed E-state index contributed by atoms with van der Waals surface area (Å²) >= 11 is 13.0. The van der Waals surface area contributed by atoms with Crippen LogP contribution in [-0.2, 0) is 16.2 Å². The van der Waals surface area contributed by atoms with Crippen molar-refractivity contribution in [3.8, 4) is 5.75 Å². The molecule has 4 rings (SSSR count). The first-order chi connectivity index (χ1) is 16.2. The van der Waals surface area contributed by atoms with E-state index in [-0.39, 0.29) is 12.2 Å². The molecule has 0 unspecified atom stereocenters. The summed E-state index contributed by atoms with van der Waals surface area (Å²) in [7, 11) is 0. The molecule has 0 aromatic heterocycles. The van der Waals surface area contributed by atoms with Crippen LogP contribution in [0, 0.1) is 6.92 Å². The molecule has 1 N–H and O–H groups in total. The Kier molecular flexibility index (Phi) is 7.21. The monoisotopic (exact) mass is 602 g/mol. The molecule has 1 aliphatic heterocycles. The number of ether oxygens (including phenoxy) is 1. The van der Waals surface area contributed by atoms with Gasteiger partial charge in [0.2, 0.25) is 0 Å². The normalized spacial score (nSPS) is 15.0. The molecule has 1 saturated heterocycles. The maximum absolute atomic E-state index is 13.3. The van der Waals surface area contributed by atoms with Crippen LogP contribution in [0.3, 0.4) is 0 Å². The average Bonchev–Trinajstić information content (AvgIpc) is 2.80. The van der Waals surface area contributed by atoms with Crippen LogP contribution in [-0.4, -0.2) is 17.8 Å². The van der Waals surface area contributed by atoms with Crippen LogP contribution in [0.2, 0.25) is 5.02 Å². The number of hydrogen-bond acceptors (Lipinski definition) is 4. The number of imide groups is 2. The summed E-state index contributed by atoms with van der Waals surface area (Å²) in [6.45, 7) is 1.98. The molecule has 1 aliphatic rings. The van der Waals surface area contributed by atoms with Crippen molar-refractivity contribution in [1.29, 1.82) is 0 Å². The first-order valence-electron chi connectivity index (χ1n) is 10.1. The number of nitrogens with zero attached hydrogens (tertiary/aromatic N) is 1. The Morgan fingerprint density at radius 3 is 2.44 bits per heavy atom. The number of amides is 4. The lowest BCUT2D eigenvalue weighted by atomic mass is 10.0. The number of halogens is 3. The van der Waals surface area contributed by atoms with E-state index >= 15 is 0 Å². The first kappa shape index (κ1) is 24.2. The Balaban J connectivity index is 1.69. The summed E-state index contributed by atoms with van der Waals surface area (Å²) in [5, 5.41) is 2.63. The molecule has 9 heteroatoms. The highest BCUT2D eigenvalue weighted by molar-refractivity contribution is 9.10. The lowest BCUT2D eigenvalue weighted by molar-refractivity contribution is -0.122. The van der Waals surface area contributed by atoms with E-state index in [0.717, 1.165) is 19.4 Å². The highest BCUT2D eigenvalue weighted by Crippen LogP contribution is 2.31. The van der Waals surface area contributed by atoms with Crippen LogP contribution in [0.25, 0.3) is 6.08 Å². The summed E-state index contributed by atoms with van der Waals surface area (Å²) in [6.07, 6.45) is 1.42. The van der Waals surface area contributed by atoms with Crippen molar-refractivity contribution in [1.82, 2.24) is 5.32 Å². The van der Waals surface area contributed by atoms with Gasteiger partial charge in [-0.05, 0) is 66.6 Å². The van der Waals surface area contributed by atoms with Gasteiger partial charge in [0, 0.05) is 19.5 Å². The van der Waals surface area contributed by atoms with Crippen molar-refractivity contribution in [3.05, 3.63) is 96.9 Å². The van der Waals surface area contributed by atoms with Gasteiger partial charge >= 0.3 is 6.03 Å². The molecule has 6 nitrogen and oxygen atoms in total. The maximum atomic E-state index is 13.3. The summed E-state index contributed by atoms with van der Waals surface area (Å²) in [5.74, 6) is -1.07. The van der Waals surface area contributed by atoms with Gasteiger partial charge in [0.05, 0.1) is 5.69 Å². The molecular weight excluding hydrogens is 588 g/mol. The topological polar surface area (TPSA) is 75.7 Å². The van der Waals surface area contributed by atoms with Gasteiger partial charge in [0.1, 0.15) is 17.9 Å². The quantitative estimate of drug-likeness (QED) is 0.270. The fraction of sp³-hybridized carbons (Fsp3) is 0.0800. The van der Waals surface area contributed by atoms with E-state index in [2.05, 4.69) is 37.2 Å². The SMILES string of the molecule is Cc1c(Cl)cccc1N1C(=O)NC(=O)/C(=C\c2cc(Br)ccc2OCc2ccc(Br)cc2)C1=O. The summed E-state index contributed by atoms with van der Waals surface area (Å²) < 4.78 is 7.67. The molecule has 0 atom stereocenters. The van der Waals surface area contributed by atoms with Gasteiger partial charge in [-0.25, -0.2) is 9.69 Å². The van der Waals surface area contributed by atoms with Gasteiger partial charge in [0.15, 0.2) is 0 Å². The fourth-order valence-electron chi connectivity index (χ4n) is 3.38. The highest BCUT2D eigenvalue weighted by Gasteiger charge is 2.37. The van der Waals surface area contributed by atoms with Gasteiger partial charge in [-0.2, -0.15) is 0 Å². The number of barbiturate groups is 1. The van der Waals surface area contributed by atoms with Crippen molar-refractivity contribution < 1.29 is 19.1 Å². The molecule has 3 aromatic rings. The molecule has 34 heavy (non-hydrogen) atoms. The predicted molar refractivity (Wildman–Crippen MR) is 138 cm³/mol. The van der Waals surface area contributed by atoms with E-state index in [1.165, 1.54) is 6.08 Å². The van der Waals surface area contributed by atoms with E-state index in [0.29, 0.717) is 27.6 Å². The zero-order valence-electron chi connectivity index (χ0n) is 17.8. The van der Waals surface area contributed by atoms with Crippen molar-refractivity contribution in [2.24, 2.45) is 0 Å². The minimum Gasteiger partial charge on any atom is -0.488 e. The Hall–Kier alpha value is -2.94. The molecule has 3 aromatic carbocycles. The zero-order valence-corrected chi connectivity index (χ0v) is 21.7. The van der Waals surface area contributed by atoms with E-state index in [4.69, 9.17) is 16.3 Å². The highest BCUT2D eigenvalue weighted by atomic mass is 79.9. The molecule has 1 fully saturated rings. The van der Waals surface area contributed by atoms with Crippen molar-refractivity contribution in [3.63, 3.8) is 0 Å². The number of hydrogen-bond donors (Lipinski definition) is 1. The molecule has 0 aliphatic carbocycles. The van der Waals surface area contributed by atoms with Crippen molar-refractivity contribution >= 4 is 73.1 Å².